The van der Waals surface area contributed by atoms with Crippen molar-refractivity contribution in [2.24, 2.45) is 5.92 Å². The van der Waals surface area contributed by atoms with E-state index in [4.69, 9.17) is 0 Å². The highest BCUT2D eigenvalue weighted by molar-refractivity contribution is 5.02. The van der Waals surface area contributed by atoms with Crippen LogP contribution in [0.3, 0.4) is 0 Å². The molecule has 70 valence electrons. The summed E-state index contributed by atoms with van der Waals surface area (Å²) in [6.07, 6.45) is 7.92. The highest BCUT2D eigenvalue weighted by atomic mass is 14.9. The first-order valence-corrected chi connectivity index (χ1v) is 4.82. The summed E-state index contributed by atoms with van der Waals surface area (Å²) in [7, 11) is 0. The standard InChI is InChI=1S/C10H15N3/c1-8-2-10(3-8)13-6-9-4-11-7-12-5-9/h4-5,7-8,10,13H,2-3,6H2,1H3. The quantitative estimate of drug-likeness (QED) is 0.757. The van der Waals surface area contributed by atoms with Crippen molar-refractivity contribution in [2.75, 3.05) is 0 Å². The number of aromatic nitrogens is 2. The number of nitrogens with zero attached hydrogens (tertiary/aromatic N) is 2. The number of rotatable bonds is 3. The molecule has 1 heterocycles. The van der Waals surface area contributed by atoms with Gasteiger partial charge in [0, 0.05) is 30.5 Å². The third-order valence-electron chi connectivity index (χ3n) is 2.58. The van der Waals surface area contributed by atoms with Crippen LogP contribution in [0.1, 0.15) is 25.3 Å². The lowest BCUT2D eigenvalue weighted by Gasteiger charge is -2.33. The highest BCUT2D eigenvalue weighted by Gasteiger charge is 2.24. The van der Waals surface area contributed by atoms with E-state index < -0.39 is 0 Å². The lowest BCUT2D eigenvalue weighted by Crippen LogP contribution is -2.39. The lowest BCUT2D eigenvalue weighted by atomic mass is 9.82. The predicted molar refractivity (Wildman–Crippen MR) is 51.1 cm³/mol. The summed E-state index contributed by atoms with van der Waals surface area (Å²) in [5.41, 5.74) is 1.17. The fourth-order valence-electron chi connectivity index (χ4n) is 1.75. The molecule has 0 amide bonds. The lowest BCUT2D eigenvalue weighted by molar-refractivity contribution is 0.240. The van der Waals surface area contributed by atoms with E-state index >= 15 is 0 Å². The average Bonchev–Trinajstić information content (AvgIpc) is 2.12. The van der Waals surface area contributed by atoms with Gasteiger partial charge in [0.05, 0.1) is 0 Å². The van der Waals surface area contributed by atoms with Crippen molar-refractivity contribution in [3.8, 4) is 0 Å². The Morgan fingerprint density at radius 3 is 2.69 bits per heavy atom. The molecule has 3 heteroatoms. The summed E-state index contributed by atoms with van der Waals surface area (Å²) in [5.74, 6) is 0.907. The molecule has 0 atom stereocenters. The first-order chi connectivity index (χ1) is 6.34. The van der Waals surface area contributed by atoms with Crippen molar-refractivity contribution in [3.05, 3.63) is 24.3 Å². The molecule has 13 heavy (non-hydrogen) atoms. The van der Waals surface area contributed by atoms with Crippen LogP contribution >= 0.6 is 0 Å². The van der Waals surface area contributed by atoms with Crippen LogP contribution in [0.25, 0.3) is 0 Å². The second kappa shape index (κ2) is 3.83. The van der Waals surface area contributed by atoms with Crippen LogP contribution < -0.4 is 5.32 Å². The zero-order valence-corrected chi connectivity index (χ0v) is 7.90. The van der Waals surface area contributed by atoms with Gasteiger partial charge >= 0.3 is 0 Å². The molecule has 1 fully saturated rings. The molecule has 1 N–H and O–H groups in total. The Bertz CT molecular complexity index is 254. The summed E-state index contributed by atoms with van der Waals surface area (Å²) < 4.78 is 0. The Morgan fingerprint density at radius 2 is 2.08 bits per heavy atom. The van der Waals surface area contributed by atoms with E-state index in [1.54, 1.807) is 6.33 Å². The molecule has 1 aliphatic rings. The van der Waals surface area contributed by atoms with Crippen LogP contribution in [-0.2, 0) is 6.54 Å². The van der Waals surface area contributed by atoms with Crippen LogP contribution in [0.4, 0.5) is 0 Å². The second-order valence-electron chi connectivity index (χ2n) is 3.90. The molecule has 0 aliphatic heterocycles. The molecule has 1 aromatic rings. The summed E-state index contributed by atoms with van der Waals surface area (Å²) in [6.45, 7) is 3.20. The zero-order chi connectivity index (χ0) is 9.10. The van der Waals surface area contributed by atoms with Gasteiger partial charge in [-0.05, 0) is 18.8 Å². The SMILES string of the molecule is CC1CC(NCc2cncnc2)C1. The predicted octanol–water partition coefficient (Wildman–Crippen LogP) is 1.36. The molecular formula is C10H15N3. The van der Waals surface area contributed by atoms with Crippen molar-refractivity contribution in [3.63, 3.8) is 0 Å². The van der Waals surface area contributed by atoms with Gasteiger partial charge in [0.2, 0.25) is 0 Å². The van der Waals surface area contributed by atoms with Gasteiger partial charge in [0.25, 0.3) is 0 Å². The maximum Gasteiger partial charge on any atom is 0.115 e. The van der Waals surface area contributed by atoms with Crippen LogP contribution in [0, 0.1) is 5.92 Å². The molecule has 2 rings (SSSR count). The fraction of sp³-hybridized carbons (Fsp3) is 0.600. The van der Waals surface area contributed by atoms with E-state index in [9.17, 15) is 0 Å². The average molecular weight is 177 g/mol. The number of hydrogen-bond donors (Lipinski definition) is 1. The minimum atomic E-state index is 0.718. The third kappa shape index (κ3) is 2.25. The van der Waals surface area contributed by atoms with Crippen molar-refractivity contribution in [1.29, 1.82) is 0 Å². The molecule has 0 spiro atoms. The summed E-state index contributed by atoms with van der Waals surface area (Å²) >= 11 is 0. The van der Waals surface area contributed by atoms with Gasteiger partial charge in [0.1, 0.15) is 6.33 Å². The molecule has 1 aliphatic carbocycles. The maximum absolute atomic E-state index is 3.97. The number of hydrogen-bond acceptors (Lipinski definition) is 3. The number of nitrogens with one attached hydrogen (secondary N) is 1. The van der Waals surface area contributed by atoms with Crippen LogP contribution in [0.15, 0.2) is 18.7 Å². The first kappa shape index (κ1) is 8.63. The second-order valence-corrected chi connectivity index (χ2v) is 3.90. The molecule has 0 unspecified atom stereocenters. The van der Waals surface area contributed by atoms with Gasteiger partial charge in [-0.3, -0.25) is 0 Å². The van der Waals surface area contributed by atoms with E-state index in [1.165, 1.54) is 18.4 Å². The van der Waals surface area contributed by atoms with Crippen molar-refractivity contribution in [2.45, 2.75) is 32.4 Å². The Kier molecular flexibility index (Phi) is 2.54. The zero-order valence-electron chi connectivity index (χ0n) is 7.90. The molecule has 1 saturated carbocycles. The van der Waals surface area contributed by atoms with Crippen molar-refractivity contribution in [1.82, 2.24) is 15.3 Å². The molecule has 0 radical (unpaired) electrons. The van der Waals surface area contributed by atoms with Crippen molar-refractivity contribution < 1.29 is 0 Å². The van der Waals surface area contributed by atoms with Crippen LogP contribution in [0.2, 0.25) is 0 Å². The largest absolute Gasteiger partial charge is 0.310 e. The van der Waals surface area contributed by atoms with E-state index in [2.05, 4.69) is 22.2 Å². The normalized spacial score (nSPS) is 26.8. The first-order valence-electron chi connectivity index (χ1n) is 4.82. The Labute approximate surface area is 78.6 Å². The van der Waals surface area contributed by atoms with E-state index in [0.717, 1.165) is 18.5 Å². The highest BCUT2D eigenvalue weighted by Crippen LogP contribution is 2.26. The fourth-order valence-corrected chi connectivity index (χ4v) is 1.75. The van der Waals surface area contributed by atoms with E-state index in [-0.39, 0.29) is 0 Å². The van der Waals surface area contributed by atoms with Gasteiger partial charge < -0.3 is 5.32 Å². The van der Waals surface area contributed by atoms with Crippen LogP contribution in [0.5, 0.6) is 0 Å². The summed E-state index contributed by atoms with van der Waals surface area (Å²) in [4.78, 5) is 7.94. The monoisotopic (exact) mass is 177 g/mol. The summed E-state index contributed by atoms with van der Waals surface area (Å²) in [5, 5.41) is 3.49. The molecule has 0 saturated heterocycles. The minimum Gasteiger partial charge on any atom is -0.310 e. The minimum absolute atomic E-state index is 0.718. The van der Waals surface area contributed by atoms with Crippen LogP contribution in [-0.4, -0.2) is 16.0 Å². The smallest absolute Gasteiger partial charge is 0.115 e. The van der Waals surface area contributed by atoms with Gasteiger partial charge in [-0.2, -0.15) is 0 Å². The van der Waals surface area contributed by atoms with Gasteiger partial charge in [-0.25, -0.2) is 9.97 Å². The van der Waals surface area contributed by atoms with Crippen molar-refractivity contribution >= 4 is 0 Å². The van der Waals surface area contributed by atoms with Gasteiger partial charge in [-0.15, -0.1) is 0 Å². The summed E-state index contributed by atoms with van der Waals surface area (Å²) in [6, 6.07) is 0.718. The Morgan fingerprint density at radius 1 is 1.38 bits per heavy atom. The molecular weight excluding hydrogens is 162 g/mol. The Hall–Kier alpha value is -0.960. The molecule has 1 aromatic heterocycles. The Balaban J connectivity index is 1.74. The van der Waals surface area contributed by atoms with Gasteiger partial charge in [0.15, 0.2) is 0 Å². The van der Waals surface area contributed by atoms with E-state index in [0.29, 0.717) is 0 Å². The molecule has 0 aromatic carbocycles. The van der Waals surface area contributed by atoms with Gasteiger partial charge in [-0.1, -0.05) is 6.92 Å². The third-order valence-corrected chi connectivity index (χ3v) is 2.58. The topological polar surface area (TPSA) is 37.8 Å². The molecule has 3 nitrogen and oxygen atoms in total. The maximum atomic E-state index is 3.97. The van der Waals surface area contributed by atoms with E-state index in [1.807, 2.05) is 12.4 Å². The molecule has 0 bridgehead atoms.